The summed E-state index contributed by atoms with van der Waals surface area (Å²) in [7, 11) is 0. The van der Waals surface area contributed by atoms with Crippen molar-refractivity contribution in [2.45, 2.75) is 39.0 Å². The van der Waals surface area contributed by atoms with Gasteiger partial charge in [0.2, 0.25) is 0 Å². The molecule has 1 aromatic heterocycles. The Bertz CT molecular complexity index is 312. The van der Waals surface area contributed by atoms with Gasteiger partial charge >= 0.3 is 0 Å². The SMILES string of the molecule is CCCn1cc(C(O)C(O)CO)c(C)n1. The zero-order chi connectivity index (χ0) is 11.4. The first-order valence-electron chi connectivity index (χ1n) is 5.11. The van der Waals surface area contributed by atoms with Crippen LogP contribution in [0.5, 0.6) is 0 Å². The monoisotopic (exact) mass is 214 g/mol. The summed E-state index contributed by atoms with van der Waals surface area (Å²) in [5.41, 5.74) is 1.26. The van der Waals surface area contributed by atoms with Crippen LogP contribution in [0.1, 0.15) is 30.7 Å². The molecule has 0 aliphatic heterocycles. The van der Waals surface area contributed by atoms with Gasteiger partial charge in [0.25, 0.3) is 0 Å². The first-order chi connectivity index (χ1) is 7.10. The van der Waals surface area contributed by atoms with E-state index in [4.69, 9.17) is 5.11 Å². The number of aliphatic hydroxyl groups excluding tert-OH is 3. The van der Waals surface area contributed by atoms with Crippen LogP contribution < -0.4 is 0 Å². The lowest BCUT2D eigenvalue weighted by Crippen LogP contribution is -2.22. The minimum atomic E-state index is -1.15. The van der Waals surface area contributed by atoms with Crippen LogP contribution in [0.15, 0.2) is 6.20 Å². The summed E-state index contributed by atoms with van der Waals surface area (Å²) in [4.78, 5) is 0. The Kier molecular flexibility index (Phi) is 4.26. The number of hydrogen-bond acceptors (Lipinski definition) is 4. The Balaban J connectivity index is 2.84. The van der Waals surface area contributed by atoms with Gasteiger partial charge in [0.15, 0.2) is 0 Å². The molecule has 5 heteroatoms. The molecule has 15 heavy (non-hydrogen) atoms. The van der Waals surface area contributed by atoms with Crippen molar-refractivity contribution >= 4 is 0 Å². The van der Waals surface area contributed by atoms with Crippen LogP contribution in [0.2, 0.25) is 0 Å². The quantitative estimate of drug-likeness (QED) is 0.644. The highest BCUT2D eigenvalue weighted by Gasteiger charge is 2.21. The van der Waals surface area contributed by atoms with Gasteiger partial charge in [-0.25, -0.2) is 0 Å². The standard InChI is InChI=1S/C10H18N2O3/c1-3-4-12-5-8(7(2)11-12)10(15)9(14)6-13/h5,9-10,13-15H,3-4,6H2,1-2H3. The van der Waals surface area contributed by atoms with Gasteiger partial charge in [0.1, 0.15) is 12.2 Å². The lowest BCUT2D eigenvalue weighted by Gasteiger charge is -2.14. The van der Waals surface area contributed by atoms with Gasteiger partial charge in [-0.1, -0.05) is 6.92 Å². The molecule has 0 amide bonds. The van der Waals surface area contributed by atoms with E-state index in [2.05, 4.69) is 5.10 Å². The third-order valence-electron chi connectivity index (χ3n) is 2.31. The van der Waals surface area contributed by atoms with Crippen molar-refractivity contribution in [1.82, 2.24) is 9.78 Å². The highest BCUT2D eigenvalue weighted by Crippen LogP contribution is 2.19. The molecule has 0 bridgehead atoms. The van der Waals surface area contributed by atoms with Crippen LogP contribution in [0, 0.1) is 6.92 Å². The van der Waals surface area contributed by atoms with Crippen LogP contribution in [0.25, 0.3) is 0 Å². The molecule has 1 aromatic rings. The highest BCUT2D eigenvalue weighted by atomic mass is 16.4. The van der Waals surface area contributed by atoms with Crippen molar-refractivity contribution in [3.63, 3.8) is 0 Å². The number of rotatable bonds is 5. The van der Waals surface area contributed by atoms with Gasteiger partial charge in [-0.15, -0.1) is 0 Å². The van der Waals surface area contributed by atoms with Crippen LogP contribution in [0.3, 0.4) is 0 Å². The van der Waals surface area contributed by atoms with E-state index in [1.54, 1.807) is 17.8 Å². The van der Waals surface area contributed by atoms with Crippen molar-refractivity contribution in [3.8, 4) is 0 Å². The molecular weight excluding hydrogens is 196 g/mol. The summed E-state index contributed by atoms with van der Waals surface area (Å²) in [6.07, 6.45) is 0.449. The van der Waals surface area contributed by atoms with E-state index in [9.17, 15) is 10.2 Å². The summed E-state index contributed by atoms with van der Waals surface area (Å²) >= 11 is 0. The first kappa shape index (κ1) is 12.2. The predicted octanol–water partition coefficient (Wildman–Crippen LogP) is -0.0119. The maximum atomic E-state index is 9.69. The summed E-state index contributed by atoms with van der Waals surface area (Å²) in [5, 5.41) is 31.9. The summed E-state index contributed by atoms with van der Waals surface area (Å²) in [6, 6.07) is 0. The van der Waals surface area contributed by atoms with E-state index in [0.29, 0.717) is 11.3 Å². The van der Waals surface area contributed by atoms with Gasteiger partial charge in [-0.2, -0.15) is 5.10 Å². The van der Waals surface area contributed by atoms with Crippen molar-refractivity contribution in [2.75, 3.05) is 6.61 Å². The van der Waals surface area contributed by atoms with E-state index >= 15 is 0 Å². The maximum Gasteiger partial charge on any atom is 0.110 e. The largest absolute Gasteiger partial charge is 0.394 e. The van der Waals surface area contributed by atoms with E-state index in [0.717, 1.165) is 13.0 Å². The predicted molar refractivity (Wildman–Crippen MR) is 55.3 cm³/mol. The van der Waals surface area contributed by atoms with E-state index in [-0.39, 0.29) is 0 Å². The van der Waals surface area contributed by atoms with Crippen LogP contribution >= 0.6 is 0 Å². The second kappa shape index (κ2) is 5.25. The second-order valence-corrected chi connectivity index (χ2v) is 3.63. The summed E-state index contributed by atoms with van der Waals surface area (Å²) in [5.74, 6) is 0. The number of nitrogens with zero attached hydrogens (tertiary/aromatic N) is 2. The molecule has 0 aliphatic carbocycles. The minimum absolute atomic E-state index is 0.459. The third-order valence-corrected chi connectivity index (χ3v) is 2.31. The molecule has 0 aromatic carbocycles. The molecule has 86 valence electrons. The van der Waals surface area contributed by atoms with Crippen molar-refractivity contribution in [1.29, 1.82) is 0 Å². The minimum Gasteiger partial charge on any atom is -0.394 e. The van der Waals surface area contributed by atoms with E-state index in [1.165, 1.54) is 0 Å². The topological polar surface area (TPSA) is 78.5 Å². The molecule has 3 N–H and O–H groups in total. The summed E-state index contributed by atoms with van der Waals surface area (Å²) in [6.45, 7) is 4.13. The lowest BCUT2D eigenvalue weighted by molar-refractivity contribution is -0.0155. The molecule has 0 aliphatic rings. The Morgan fingerprint density at radius 2 is 2.13 bits per heavy atom. The van der Waals surface area contributed by atoms with Crippen molar-refractivity contribution in [3.05, 3.63) is 17.5 Å². The van der Waals surface area contributed by atoms with Crippen LogP contribution in [0.4, 0.5) is 0 Å². The Labute approximate surface area is 89.0 Å². The molecule has 0 spiro atoms. The molecular formula is C10H18N2O3. The van der Waals surface area contributed by atoms with Gasteiger partial charge in [0.05, 0.1) is 12.3 Å². The zero-order valence-corrected chi connectivity index (χ0v) is 9.09. The molecule has 0 fully saturated rings. The zero-order valence-electron chi connectivity index (χ0n) is 9.09. The van der Waals surface area contributed by atoms with Crippen molar-refractivity contribution < 1.29 is 15.3 Å². The van der Waals surface area contributed by atoms with Crippen LogP contribution in [-0.4, -0.2) is 37.8 Å². The molecule has 2 atom stereocenters. The Morgan fingerprint density at radius 3 is 2.67 bits per heavy atom. The van der Waals surface area contributed by atoms with Crippen LogP contribution in [-0.2, 0) is 6.54 Å². The first-order valence-corrected chi connectivity index (χ1v) is 5.11. The number of aromatic nitrogens is 2. The summed E-state index contributed by atoms with van der Waals surface area (Å²) < 4.78 is 1.73. The second-order valence-electron chi connectivity index (χ2n) is 3.63. The fourth-order valence-electron chi connectivity index (χ4n) is 1.47. The van der Waals surface area contributed by atoms with Gasteiger partial charge < -0.3 is 15.3 Å². The Morgan fingerprint density at radius 1 is 1.47 bits per heavy atom. The number of aliphatic hydroxyl groups is 3. The van der Waals surface area contributed by atoms with Gasteiger partial charge in [0, 0.05) is 18.3 Å². The molecule has 2 unspecified atom stereocenters. The Hall–Kier alpha value is -0.910. The molecule has 0 saturated carbocycles. The fourth-order valence-corrected chi connectivity index (χ4v) is 1.47. The average molecular weight is 214 g/mol. The molecule has 0 radical (unpaired) electrons. The molecule has 1 rings (SSSR count). The molecule has 1 heterocycles. The number of hydrogen-bond donors (Lipinski definition) is 3. The number of aryl methyl sites for hydroxylation is 2. The smallest absolute Gasteiger partial charge is 0.110 e. The molecule has 0 saturated heterocycles. The fraction of sp³-hybridized carbons (Fsp3) is 0.700. The van der Waals surface area contributed by atoms with E-state index < -0.39 is 18.8 Å². The lowest BCUT2D eigenvalue weighted by atomic mass is 10.1. The normalized spacial score (nSPS) is 15.3. The average Bonchev–Trinajstić information content (AvgIpc) is 2.58. The third kappa shape index (κ3) is 2.77. The maximum absolute atomic E-state index is 9.69. The van der Waals surface area contributed by atoms with E-state index in [1.807, 2.05) is 6.92 Å². The van der Waals surface area contributed by atoms with Gasteiger partial charge in [-0.05, 0) is 13.3 Å². The highest BCUT2D eigenvalue weighted by molar-refractivity contribution is 5.19. The van der Waals surface area contributed by atoms with Gasteiger partial charge in [-0.3, -0.25) is 4.68 Å². The van der Waals surface area contributed by atoms with Crippen molar-refractivity contribution in [2.24, 2.45) is 0 Å². The molecule has 5 nitrogen and oxygen atoms in total.